The Morgan fingerprint density at radius 1 is 1.41 bits per heavy atom. The van der Waals surface area contributed by atoms with Gasteiger partial charge in [-0.2, -0.15) is 0 Å². The fraction of sp³-hybridized carbons (Fsp3) is 0.538. The Morgan fingerprint density at radius 3 is 2.71 bits per heavy atom. The third-order valence-electron chi connectivity index (χ3n) is 3.47. The topological polar surface area (TPSA) is 18.5 Å². The van der Waals surface area contributed by atoms with Gasteiger partial charge < -0.3 is 15.1 Å². The normalized spacial score (nSPS) is 20.1. The molecule has 0 radical (unpaired) electrons. The molecule has 3 nitrogen and oxygen atoms in total. The van der Waals surface area contributed by atoms with E-state index in [1.54, 1.807) is 13.1 Å². The molecule has 94 valence electrons. The van der Waals surface area contributed by atoms with Crippen molar-refractivity contribution in [3.63, 3.8) is 0 Å². The van der Waals surface area contributed by atoms with Crippen molar-refractivity contribution in [1.82, 2.24) is 4.90 Å². The van der Waals surface area contributed by atoms with Crippen molar-refractivity contribution in [2.24, 2.45) is 0 Å². The first-order chi connectivity index (χ1) is 8.11. The standard InChI is InChI=1S/C13H20FN3/c1-15-10-4-5-13(12(14)8-10)17-7-6-11(9-17)16(2)3/h4-5,8,11,15H,6-7,9H2,1-3H3/t11-/m1/s1. The zero-order chi connectivity index (χ0) is 12.4. The number of nitrogens with one attached hydrogen (secondary N) is 1. The van der Waals surface area contributed by atoms with Gasteiger partial charge in [-0.15, -0.1) is 0 Å². The molecule has 1 aliphatic heterocycles. The van der Waals surface area contributed by atoms with Gasteiger partial charge in [0.1, 0.15) is 5.82 Å². The van der Waals surface area contributed by atoms with Crippen LogP contribution in [0.2, 0.25) is 0 Å². The van der Waals surface area contributed by atoms with E-state index in [0.717, 1.165) is 25.2 Å². The summed E-state index contributed by atoms with van der Waals surface area (Å²) in [6.07, 6.45) is 1.10. The highest BCUT2D eigenvalue weighted by Gasteiger charge is 2.25. The summed E-state index contributed by atoms with van der Waals surface area (Å²) in [4.78, 5) is 4.33. The SMILES string of the molecule is CNc1ccc(N2CC[C@@H](N(C)C)C2)c(F)c1. The summed E-state index contributed by atoms with van der Waals surface area (Å²) in [5.41, 5.74) is 1.53. The summed E-state index contributed by atoms with van der Waals surface area (Å²) < 4.78 is 13.9. The Hall–Kier alpha value is -1.29. The highest BCUT2D eigenvalue weighted by molar-refractivity contribution is 5.56. The van der Waals surface area contributed by atoms with E-state index in [4.69, 9.17) is 0 Å². The van der Waals surface area contributed by atoms with Crippen LogP contribution in [0.5, 0.6) is 0 Å². The van der Waals surface area contributed by atoms with Gasteiger partial charge in [0.2, 0.25) is 0 Å². The number of nitrogens with zero attached hydrogens (tertiary/aromatic N) is 2. The average molecular weight is 237 g/mol. The Kier molecular flexibility index (Phi) is 3.52. The first-order valence-corrected chi connectivity index (χ1v) is 6.00. The Morgan fingerprint density at radius 2 is 2.18 bits per heavy atom. The maximum absolute atomic E-state index is 13.9. The largest absolute Gasteiger partial charge is 0.388 e. The van der Waals surface area contributed by atoms with E-state index in [2.05, 4.69) is 29.2 Å². The molecule has 2 rings (SSSR count). The lowest BCUT2D eigenvalue weighted by molar-refractivity contribution is 0.315. The summed E-state index contributed by atoms with van der Waals surface area (Å²) in [5.74, 6) is -0.142. The van der Waals surface area contributed by atoms with E-state index in [0.29, 0.717) is 11.7 Å². The van der Waals surface area contributed by atoms with Crippen LogP contribution >= 0.6 is 0 Å². The molecule has 1 saturated heterocycles. The van der Waals surface area contributed by atoms with Gasteiger partial charge in [0, 0.05) is 31.9 Å². The molecule has 1 heterocycles. The molecule has 0 aliphatic carbocycles. The molecule has 0 aromatic heterocycles. The van der Waals surface area contributed by atoms with Gasteiger partial charge in [-0.05, 0) is 38.7 Å². The number of anilines is 2. The molecule has 1 N–H and O–H groups in total. The van der Waals surface area contributed by atoms with Gasteiger partial charge in [-0.1, -0.05) is 0 Å². The molecule has 17 heavy (non-hydrogen) atoms. The van der Waals surface area contributed by atoms with Crippen LogP contribution in [0.1, 0.15) is 6.42 Å². The molecule has 0 saturated carbocycles. The first-order valence-electron chi connectivity index (χ1n) is 6.00. The minimum atomic E-state index is -0.142. The van der Waals surface area contributed by atoms with E-state index in [1.807, 2.05) is 12.1 Å². The number of benzene rings is 1. The van der Waals surface area contributed by atoms with Gasteiger partial charge in [-0.3, -0.25) is 0 Å². The van der Waals surface area contributed by atoms with Gasteiger partial charge in [0.05, 0.1) is 5.69 Å². The van der Waals surface area contributed by atoms with Crippen molar-refractivity contribution in [3.05, 3.63) is 24.0 Å². The zero-order valence-electron chi connectivity index (χ0n) is 10.7. The van der Waals surface area contributed by atoms with Gasteiger partial charge in [0.15, 0.2) is 0 Å². The molecule has 4 heteroatoms. The van der Waals surface area contributed by atoms with E-state index in [9.17, 15) is 4.39 Å². The number of hydrogen-bond donors (Lipinski definition) is 1. The third-order valence-corrected chi connectivity index (χ3v) is 3.47. The quantitative estimate of drug-likeness (QED) is 0.867. The second-order valence-electron chi connectivity index (χ2n) is 4.77. The van der Waals surface area contributed by atoms with Crippen LogP contribution in [0.25, 0.3) is 0 Å². The van der Waals surface area contributed by atoms with Crippen LogP contribution in [-0.2, 0) is 0 Å². The van der Waals surface area contributed by atoms with Crippen LogP contribution in [0, 0.1) is 5.82 Å². The van der Waals surface area contributed by atoms with Crippen LogP contribution < -0.4 is 10.2 Å². The lowest BCUT2D eigenvalue weighted by Crippen LogP contribution is -2.31. The highest BCUT2D eigenvalue weighted by Crippen LogP contribution is 2.26. The predicted molar refractivity (Wildman–Crippen MR) is 70.3 cm³/mol. The second-order valence-corrected chi connectivity index (χ2v) is 4.77. The van der Waals surface area contributed by atoms with E-state index >= 15 is 0 Å². The molecular weight excluding hydrogens is 217 g/mol. The Bertz CT molecular complexity index is 392. The maximum Gasteiger partial charge on any atom is 0.148 e. The number of likely N-dealkylation sites (N-methyl/N-ethyl adjacent to an activating group) is 1. The molecule has 0 unspecified atom stereocenters. The summed E-state index contributed by atoms with van der Waals surface area (Å²) in [5, 5.41) is 2.95. The van der Waals surface area contributed by atoms with Gasteiger partial charge >= 0.3 is 0 Å². The monoisotopic (exact) mass is 237 g/mol. The first kappa shape index (κ1) is 12.2. The van der Waals surface area contributed by atoms with Crippen LogP contribution in [0.3, 0.4) is 0 Å². The Balaban J connectivity index is 2.13. The summed E-state index contributed by atoms with van der Waals surface area (Å²) in [6, 6.07) is 5.86. The molecular formula is C13H20FN3. The van der Waals surface area contributed by atoms with Crippen molar-refractivity contribution in [2.75, 3.05) is 44.4 Å². The molecule has 1 atom stereocenters. The molecule has 1 aromatic carbocycles. The Labute approximate surface area is 102 Å². The summed E-state index contributed by atoms with van der Waals surface area (Å²) in [6.45, 7) is 1.83. The fourth-order valence-corrected chi connectivity index (χ4v) is 2.30. The van der Waals surface area contributed by atoms with E-state index in [-0.39, 0.29) is 5.82 Å². The summed E-state index contributed by atoms with van der Waals surface area (Å²) >= 11 is 0. The lowest BCUT2D eigenvalue weighted by Gasteiger charge is -2.22. The van der Waals surface area contributed by atoms with Crippen molar-refractivity contribution in [2.45, 2.75) is 12.5 Å². The average Bonchev–Trinajstić information content (AvgIpc) is 2.78. The minimum absolute atomic E-state index is 0.142. The zero-order valence-corrected chi connectivity index (χ0v) is 10.7. The van der Waals surface area contributed by atoms with E-state index < -0.39 is 0 Å². The van der Waals surface area contributed by atoms with Gasteiger partial charge in [0.25, 0.3) is 0 Å². The predicted octanol–water partition coefficient (Wildman–Crippen LogP) is 2.01. The molecule has 0 bridgehead atoms. The number of hydrogen-bond acceptors (Lipinski definition) is 3. The number of rotatable bonds is 3. The van der Waals surface area contributed by atoms with Crippen molar-refractivity contribution in [1.29, 1.82) is 0 Å². The van der Waals surface area contributed by atoms with Crippen molar-refractivity contribution in [3.8, 4) is 0 Å². The fourth-order valence-electron chi connectivity index (χ4n) is 2.30. The smallest absolute Gasteiger partial charge is 0.148 e. The molecule has 1 fully saturated rings. The molecule has 1 aliphatic rings. The highest BCUT2D eigenvalue weighted by atomic mass is 19.1. The van der Waals surface area contributed by atoms with Gasteiger partial charge in [-0.25, -0.2) is 4.39 Å². The minimum Gasteiger partial charge on any atom is -0.388 e. The van der Waals surface area contributed by atoms with Crippen molar-refractivity contribution >= 4 is 11.4 Å². The summed E-state index contributed by atoms with van der Waals surface area (Å²) in [7, 11) is 5.95. The van der Waals surface area contributed by atoms with Crippen LogP contribution in [-0.4, -0.2) is 45.2 Å². The molecule has 1 aromatic rings. The lowest BCUT2D eigenvalue weighted by atomic mass is 10.2. The third kappa shape index (κ3) is 2.52. The molecule has 0 amide bonds. The number of halogens is 1. The second kappa shape index (κ2) is 4.92. The van der Waals surface area contributed by atoms with E-state index in [1.165, 1.54) is 0 Å². The molecule has 0 spiro atoms. The van der Waals surface area contributed by atoms with Crippen LogP contribution in [0.4, 0.5) is 15.8 Å². The van der Waals surface area contributed by atoms with Crippen molar-refractivity contribution < 1.29 is 4.39 Å². The maximum atomic E-state index is 13.9. The van der Waals surface area contributed by atoms with Crippen LogP contribution in [0.15, 0.2) is 18.2 Å².